The molecule has 0 unspecified atom stereocenters. The molecule has 0 radical (unpaired) electrons. The van der Waals surface area contributed by atoms with Gasteiger partial charge in [0.15, 0.2) is 0 Å². The maximum atomic E-state index is 12.2. The highest BCUT2D eigenvalue weighted by atomic mass is 35.5. The van der Waals surface area contributed by atoms with Gasteiger partial charge in [-0.2, -0.15) is 0 Å². The summed E-state index contributed by atoms with van der Waals surface area (Å²) in [5, 5.41) is 6.34. The molecule has 0 saturated heterocycles. The number of methoxy groups -OCH3 is 1. The zero-order chi connectivity index (χ0) is 17.6. The second kappa shape index (κ2) is 7.63. The Labute approximate surface area is 149 Å². The van der Waals surface area contributed by atoms with Crippen molar-refractivity contribution in [1.82, 2.24) is 9.97 Å². The lowest BCUT2D eigenvalue weighted by Gasteiger charge is -2.07. The van der Waals surface area contributed by atoms with Crippen LogP contribution in [0.2, 0.25) is 5.02 Å². The molecular formula is C18H15ClN4O2. The Morgan fingerprint density at radius 1 is 1.04 bits per heavy atom. The maximum Gasteiger partial charge on any atom is 0.258 e. The van der Waals surface area contributed by atoms with Gasteiger partial charge in [-0.25, -0.2) is 9.97 Å². The van der Waals surface area contributed by atoms with Crippen LogP contribution in [0.25, 0.3) is 0 Å². The Bertz CT molecular complexity index is 867. The van der Waals surface area contributed by atoms with E-state index in [0.29, 0.717) is 22.2 Å². The van der Waals surface area contributed by atoms with Crippen molar-refractivity contribution < 1.29 is 9.53 Å². The number of hydrogen-bond donors (Lipinski definition) is 2. The molecule has 0 saturated carbocycles. The number of benzene rings is 2. The zero-order valence-corrected chi connectivity index (χ0v) is 14.1. The summed E-state index contributed by atoms with van der Waals surface area (Å²) in [4.78, 5) is 20.5. The number of halogens is 1. The molecule has 1 amide bonds. The van der Waals surface area contributed by atoms with E-state index in [-0.39, 0.29) is 5.91 Å². The van der Waals surface area contributed by atoms with Crippen LogP contribution in [-0.2, 0) is 0 Å². The Hall–Kier alpha value is -3.12. The van der Waals surface area contributed by atoms with Crippen molar-refractivity contribution in [2.45, 2.75) is 0 Å². The molecule has 1 heterocycles. The van der Waals surface area contributed by atoms with Crippen molar-refractivity contribution in [1.29, 1.82) is 0 Å². The van der Waals surface area contributed by atoms with E-state index in [1.807, 2.05) is 24.3 Å². The van der Waals surface area contributed by atoms with Crippen LogP contribution in [-0.4, -0.2) is 23.0 Å². The summed E-state index contributed by atoms with van der Waals surface area (Å²) in [6.45, 7) is 0. The molecular weight excluding hydrogens is 340 g/mol. The summed E-state index contributed by atoms with van der Waals surface area (Å²) in [6.07, 6.45) is 2.91. The van der Waals surface area contributed by atoms with Crippen LogP contribution in [0.5, 0.6) is 5.75 Å². The van der Waals surface area contributed by atoms with Crippen molar-refractivity contribution >= 4 is 34.8 Å². The maximum absolute atomic E-state index is 12.2. The van der Waals surface area contributed by atoms with E-state index in [2.05, 4.69) is 20.6 Å². The Kier molecular flexibility index (Phi) is 5.11. The molecule has 0 bridgehead atoms. The molecule has 6 nitrogen and oxygen atoms in total. The van der Waals surface area contributed by atoms with Gasteiger partial charge in [-0.15, -0.1) is 0 Å². The number of amides is 1. The molecule has 0 spiro atoms. The number of nitrogens with zero attached hydrogens (tertiary/aromatic N) is 2. The van der Waals surface area contributed by atoms with Crippen LogP contribution >= 0.6 is 11.6 Å². The minimum Gasteiger partial charge on any atom is -0.497 e. The van der Waals surface area contributed by atoms with Gasteiger partial charge < -0.3 is 15.4 Å². The average Bonchev–Trinajstić information content (AvgIpc) is 2.63. The quantitative estimate of drug-likeness (QED) is 0.720. The third kappa shape index (κ3) is 4.45. The summed E-state index contributed by atoms with van der Waals surface area (Å²) >= 11 is 5.90. The van der Waals surface area contributed by atoms with Crippen LogP contribution < -0.4 is 15.4 Å². The fourth-order valence-electron chi connectivity index (χ4n) is 2.08. The predicted octanol–water partition coefficient (Wildman–Crippen LogP) is 4.13. The van der Waals surface area contributed by atoms with Crippen LogP contribution in [0.15, 0.2) is 60.9 Å². The third-order valence-electron chi connectivity index (χ3n) is 3.34. The van der Waals surface area contributed by atoms with E-state index in [1.54, 1.807) is 31.4 Å². The number of rotatable bonds is 5. The summed E-state index contributed by atoms with van der Waals surface area (Å²) in [6, 6.07) is 14.3. The molecule has 3 rings (SSSR count). The van der Waals surface area contributed by atoms with Gasteiger partial charge in [0.25, 0.3) is 5.91 Å². The van der Waals surface area contributed by atoms with Crippen molar-refractivity contribution in [3.63, 3.8) is 0 Å². The average molecular weight is 355 g/mol. The molecule has 7 heteroatoms. The van der Waals surface area contributed by atoms with Crippen molar-refractivity contribution in [2.75, 3.05) is 17.7 Å². The van der Waals surface area contributed by atoms with Crippen LogP contribution in [0.4, 0.5) is 17.3 Å². The summed E-state index contributed by atoms with van der Waals surface area (Å²) in [5.41, 5.74) is 1.77. The molecule has 0 aliphatic carbocycles. The van der Waals surface area contributed by atoms with Gasteiger partial charge in [0.2, 0.25) is 5.95 Å². The first-order valence-corrected chi connectivity index (χ1v) is 7.82. The van der Waals surface area contributed by atoms with Gasteiger partial charge >= 0.3 is 0 Å². The standard InChI is InChI=1S/C18H15ClN4O2/c1-25-16-7-5-14(6-8-16)23-18-20-10-12(11-21-18)17(24)22-15-4-2-3-13(19)9-15/h2-11H,1H3,(H,22,24)(H,20,21,23). The molecule has 0 aliphatic heterocycles. The minimum absolute atomic E-state index is 0.307. The smallest absolute Gasteiger partial charge is 0.258 e. The number of carbonyl (C=O) groups excluding carboxylic acids is 1. The molecule has 2 aromatic carbocycles. The first kappa shape index (κ1) is 16.7. The first-order chi connectivity index (χ1) is 12.1. The minimum atomic E-state index is -0.307. The monoisotopic (exact) mass is 354 g/mol. The topological polar surface area (TPSA) is 76.1 Å². The normalized spacial score (nSPS) is 10.2. The summed E-state index contributed by atoms with van der Waals surface area (Å²) in [7, 11) is 1.61. The van der Waals surface area contributed by atoms with Gasteiger partial charge in [0.05, 0.1) is 12.7 Å². The van der Waals surface area contributed by atoms with Gasteiger partial charge in [-0.3, -0.25) is 4.79 Å². The van der Waals surface area contributed by atoms with E-state index in [4.69, 9.17) is 16.3 Å². The second-order valence-corrected chi connectivity index (χ2v) is 5.55. The Balaban J connectivity index is 1.65. The molecule has 1 aromatic heterocycles. The van der Waals surface area contributed by atoms with Gasteiger partial charge in [-0.1, -0.05) is 17.7 Å². The van der Waals surface area contributed by atoms with Crippen molar-refractivity contribution in [3.8, 4) is 5.75 Å². The number of aromatic nitrogens is 2. The molecule has 0 fully saturated rings. The van der Waals surface area contributed by atoms with E-state index >= 15 is 0 Å². The highest BCUT2D eigenvalue weighted by Gasteiger charge is 2.08. The lowest BCUT2D eigenvalue weighted by molar-refractivity contribution is 0.102. The number of carbonyl (C=O) groups is 1. The fraction of sp³-hybridized carbons (Fsp3) is 0.0556. The SMILES string of the molecule is COc1ccc(Nc2ncc(C(=O)Nc3cccc(Cl)c3)cn2)cc1. The molecule has 3 aromatic rings. The van der Waals surface area contributed by atoms with E-state index in [1.165, 1.54) is 12.4 Å². The van der Waals surface area contributed by atoms with Crippen LogP contribution in [0, 0.1) is 0 Å². The van der Waals surface area contributed by atoms with E-state index in [0.717, 1.165) is 11.4 Å². The molecule has 0 atom stereocenters. The van der Waals surface area contributed by atoms with E-state index < -0.39 is 0 Å². The summed E-state index contributed by atoms with van der Waals surface area (Å²) < 4.78 is 5.11. The van der Waals surface area contributed by atoms with E-state index in [9.17, 15) is 4.79 Å². The van der Waals surface area contributed by atoms with Gasteiger partial charge in [-0.05, 0) is 42.5 Å². The Morgan fingerprint density at radius 3 is 2.40 bits per heavy atom. The largest absolute Gasteiger partial charge is 0.497 e. The molecule has 126 valence electrons. The fourth-order valence-corrected chi connectivity index (χ4v) is 2.27. The number of ether oxygens (including phenoxy) is 1. The molecule has 2 N–H and O–H groups in total. The highest BCUT2D eigenvalue weighted by molar-refractivity contribution is 6.30. The Morgan fingerprint density at radius 2 is 1.76 bits per heavy atom. The van der Waals surface area contributed by atoms with Crippen LogP contribution in [0.3, 0.4) is 0 Å². The van der Waals surface area contributed by atoms with Crippen molar-refractivity contribution in [3.05, 3.63) is 71.5 Å². The zero-order valence-electron chi connectivity index (χ0n) is 13.4. The highest BCUT2D eigenvalue weighted by Crippen LogP contribution is 2.18. The van der Waals surface area contributed by atoms with Crippen molar-refractivity contribution in [2.24, 2.45) is 0 Å². The number of hydrogen-bond acceptors (Lipinski definition) is 5. The van der Waals surface area contributed by atoms with Gasteiger partial charge in [0, 0.05) is 28.8 Å². The molecule has 0 aliphatic rings. The van der Waals surface area contributed by atoms with Crippen LogP contribution in [0.1, 0.15) is 10.4 Å². The summed E-state index contributed by atoms with van der Waals surface area (Å²) in [5.74, 6) is 0.849. The lowest BCUT2D eigenvalue weighted by atomic mass is 10.3. The van der Waals surface area contributed by atoms with Gasteiger partial charge in [0.1, 0.15) is 5.75 Å². The lowest BCUT2D eigenvalue weighted by Crippen LogP contribution is -2.13. The molecule has 25 heavy (non-hydrogen) atoms. The predicted molar refractivity (Wildman–Crippen MR) is 97.7 cm³/mol. The number of anilines is 3. The third-order valence-corrected chi connectivity index (χ3v) is 3.58. The first-order valence-electron chi connectivity index (χ1n) is 7.44. The second-order valence-electron chi connectivity index (χ2n) is 5.11. The number of nitrogens with one attached hydrogen (secondary N) is 2.